The number of methoxy groups -OCH3 is 1. The maximum atomic E-state index is 5.63. The Morgan fingerprint density at radius 1 is 1.28 bits per heavy atom. The molecule has 4 rings (SSSR count). The Labute approximate surface area is 156 Å². The fourth-order valence-corrected chi connectivity index (χ4v) is 6.02. The molecule has 3 fully saturated rings. The highest BCUT2D eigenvalue weighted by molar-refractivity contribution is 7.09. The van der Waals surface area contributed by atoms with Crippen LogP contribution >= 0.6 is 11.3 Å². The van der Waals surface area contributed by atoms with E-state index in [1.165, 1.54) is 56.7 Å². The van der Waals surface area contributed by atoms with Crippen LogP contribution in [0.25, 0.3) is 0 Å². The Balaban J connectivity index is 1.38. The maximum Gasteiger partial charge on any atom is 0.0508 e. The molecule has 4 nitrogen and oxygen atoms in total. The molecule has 5 heteroatoms. The molecule has 0 amide bonds. The molecule has 3 aliphatic heterocycles. The average Bonchev–Trinajstić information content (AvgIpc) is 3.26. The number of piperidine rings is 1. The molecular formula is C20H32N2O2S. The van der Waals surface area contributed by atoms with E-state index in [0.29, 0.717) is 11.3 Å². The third-order valence-corrected chi connectivity index (χ3v) is 7.57. The molecule has 0 aliphatic carbocycles. The van der Waals surface area contributed by atoms with E-state index in [1.807, 2.05) is 18.4 Å². The van der Waals surface area contributed by atoms with Crippen LogP contribution in [0, 0.1) is 11.3 Å². The minimum Gasteiger partial charge on any atom is -0.384 e. The highest BCUT2D eigenvalue weighted by Crippen LogP contribution is 2.46. The molecule has 3 saturated heterocycles. The SMILES string of the molecule is COCC1CN(Cc2cccs2)CC12CCN(C1CCOCC1)CC2. The molecule has 0 saturated carbocycles. The van der Waals surface area contributed by atoms with Gasteiger partial charge in [-0.15, -0.1) is 11.3 Å². The van der Waals surface area contributed by atoms with Crippen LogP contribution in [0.3, 0.4) is 0 Å². The molecule has 0 aromatic carbocycles. The van der Waals surface area contributed by atoms with E-state index in [-0.39, 0.29) is 0 Å². The lowest BCUT2D eigenvalue weighted by Crippen LogP contribution is -2.49. The summed E-state index contributed by atoms with van der Waals surface area (Å²) < 4.78 is 11.2. The summed E-state index contributed by atoms with van der Waals surface area (Å²) in [5, 5.41) is 2.19. The first kappa shape index (κ1) is 17.9. The zero-order valence-corrected chi connectivity index (χ0v) is 16.3. The van der Waals surface area contributed by atoms with Crippen LogP contribution < -0.4 is 0 Å². The lowest BCUT2D eigenvalue weighted by atomic mass is 9.71. The van der Waals surface area contributed by atoms with Gasteiger partial charge in [0.1, 0.15) is 0 Å². The van der Waals surface area contributed by atoms with Crippen molar-refractivity contribution in [2.45, 2.75) is 38.3 Å². The normalized spacial score (nSPS) is 28.8. The zero-order valence-electron chi connectivity index (χ0n) is 15.5. The third kappa shape index (κ3) is 3.96. The highest BCUT2D eigenvalue weighted by atomic mass is 32.1. The highest BCUT2D eigenvalue weighted by Gasteiger charge is 2.48. The molecule has 3 aliphatic rings. The molecule has 25 heavy (non-hydrogen) atoms. The summed E-state index contributed by atoms with van der Waals surface area (Å²) in [6.45, 7) is 8.90. The smallest absolute Gasteiger partial charge is 0.0508 e. The molecule has 1 spiro atoms. The fourth-order valence-electron chi connectivity index (χ4n) is 5.27. The average molecular weight is 365 g/mol. The first-order chi connectivity index (χ1) is 12.3. The van der Waals surface area contributed by atoms with Crippen molar-refractivity contribution < 1.29 is 9.47 Å². The van der Waals surface area contributed by atoms with Crippen molar-refractivity contribution in [3.05, 3.63) is 22.4 Å². The minimum atomic E-state index is 0.467. The predicted octanol–water partition coefficient (Wildman–Crippen LogP) is 3.09. The van der Waals surface area contributed by atoms with Gasteiger partial charge in [0.15, 0.2) is 0 Å². The standard InChI is InChI=1S/C20H32N2O2S/c1-23-15-17-13-21(14-19-3-2-12-25-19)16-20(17)6-8-22(9-7-20)18-4-10-24-11-5-18/h2-3,12,17-18H,4-11,13-16H2,1H3. The van der Waals surface area contributed by atoms with E-state index >= 15 is 0 Å². The van der Waals surface area contributed by atoms with Crippen molar-refractivity contribution in [2.24, 2.45) is 11.3 Å². The molecule has 0 radical (unpaired) electrons. The van der Waals surface area contributed by atoms with Gasteiger partial charge in [0, 0.05) is 56.8 Å². The van der Waals surface area contributed by atoms with E-state index in [1.54, 1.807) is 0 Å². The van der Waals surface area contributed by atoms with Crippen molar-refractivity contribution in [3.8, 4) is 0 Å². The zero-order chi connectivity index (χ0) is 17.1. The summed E-state index contributed by atoms with van der Waals surface area (Å²) in [6.07, 6.45) is 5.11. The van der Waals surface area contributed by atoms with Crippen molar-refractivity contribution >= 4 is 11.3 Å². The van der Waals surface area contributed by atoms with E-state index in [2.05, 4.69) is 27.3 Å². The Hall–Kier alpha value is -0.460. The second-order valence-corrected chi connectivity index (χ2v) is 9.18. The van der Waals surface area contributed by atoms with Gasteiger partial charge < -0.3 is 14.4 Å². The van der Waals surface area contributed by atoms with Gasteiger partial charge in [-0.1, -0.05) is 6.07 Å². The monoisotopic (exact) mass is 364 g/mol. The summed E-state index contributed by atoms with van der Waals surface area (Å²) in [4.78, 5) is 6.92. The summed E-state index contributed by atoms with van der Waals surface area (Å²) >= 11 is 1.89. The predicted molar refractivity (Wildman–Crippen MR) is 102 cm³/mol. The van der Waals surface area contributed by atoms with Crippen LogP contribution in [0.5, 0.6) is 0 Å². The molecule has 1 unspecified atom stereocenters. The molecule has 0 bridgehead atoms. The van der Waals surface area contributed by atoms with E-state index in [0.717, 1.165) is 32.4 Å². The molecular weight excluding hydrogens is 332 g/mol. The number of hydrogen-bond donors (Lipinski definition) is 0. The topological polar surface area (TPSA) is 24.9 Å². The molecule has 1 atom stereocenters. The second-order valence-electron chi connectivity index (χ2n) is 8.14. The molecule has 0 N–H and O–H groups in total. The summed E-state index contributed by atoms with van der Waals surface area (Å²) in [5.74, 6) is 0.689. The van der Waals surface area contributed by atoms with Gasteiger partial charge in [-0.25, -0.2) is 0 Å². The van der Waals surface area contributed by atoms with Crippen molar-refractivity contribution in [1.82, 2.24) is 9.80 Å². The third-order valence-electron chi connectivity index (χ3n) is 6.71. The number of rotatable bonds is 5. The van der Waals surface area contributed by atoms with E-state index < -0.39 is 0 Å². The van der Waals surface area contributed by atoms with Crippen molar-refractivity contribution in [1.29, 1.82) is 0 Å². The Morgan fingerprint density at radius 2 is 2.08 bits per heavy atom. The van der Waals surface area contributed by atoms with Gasteiger partial charge in [0.2, 0.25) is 0 Å². The lowest BCUT2D eigenvalue weighted by Gasteiger charge is -2.46. The van der Waals surface area contributed by atoms with Crippen LogP contribution in [-0.4, -0.2) is 69.0 Å². The molecule has 1 aromatic rings. The van der Waals surface area contributed by atoms with Crippen LogP contribution in [0.15, 0.2) is 17.5 Å². The van der Waals surface area contributed by atoms with Gasteiger partial charge >= 0.3 is 0 Å². The second kappa shape index (κ2) is 8.05. The van der Waals surface area contributed by atoms with Gasteiger partial charge in [-0.3, -0.25) is 4.90 Å². The Bertz CT molecular complexity index is 522. The van der Waals surface area contributed by atoms with Crippen LogP contribution in [0.4, 0.5) is 0 Å². The largest absolute Gasteiger partial charge is 0.384 e. The van der Waals surface area contributed by atoms with E-state index in [9.17, 15) is 0 Å². The van der Waals surface area contributed by atoms with Crippen LogP contribution in [-0.2, 0) is 16.0 Å². The van der Waals surface area contributed by atoms with Crippen molar-refractivity contribution in [2.75, 3.05) is 53.1 Å². The number of ether oxygens (including phenoxy) is 2. The fraction of sp³-hybridized carbons (Fsp3) is 0.800. The lowest BCUT2D eigenvalue weighted by molar-refractivity contribution is -0.0109. The quantitative estimate of drug-likeness (QED) is 0.802. The van der Waals surface area contributed by atoms with Gasteiger partial charge in [0.25, 0.3) is 0 Å². The van der Waals surface area contributed by atoms with Gasteiger partial charge in [0.05, 0.1) is 6.61 Å². The maximum absolute atomic E-state index is 5.63. The van der Waals surface area contributed by atoms with Crippen LogP contribution in [0.2, 0.25) is 0 Å². The van der Waals surface area contributed by atoms with Gasteiger partial charge in [-0.05, 0) is 55.6 Å². The van der Waals surface area contributed by atoms with Gasteiger partial charge in [-0.2, -0.15) is 0 Å². The molecule has 4 heterocycles. The number of nitrogens with zero attached hydrogens (tertiary/aromatic N) is 2. The summed E-state index contributed by atoms with van der Waals surface area (Å²) in [5.41, 5.74) is 0.467. The number of thiophene rings is 1. The molecule has 1 aromatic heterocycles. The number of likely N-dealkylation sites (tertiary alicyclic amines) is 2. The Morgan fingerprint density at radius 3 is 2.76 bits per heavy atom. The number of hydrogen-bond acceptors (Lipinski definition) is 5. The van der Waals surface area contributed by atoms with Crippen molar-refractivity contribution in [3.63, 3.8) is 0 Å². The minimum absolute atomic E-state index is 0.467. The summed E-state index contributed by atoms with van der Waals surface area (Å²) in [6, 6.07) is 5.20. The molecule has 140 valence electrons. The van der Waals surface area contributed by atoms with Crippen LogP contribution in [0.1, 0.15) is 30.6 Å². The Kier molecular flexibility index (Phi) is 5.77. The van der Waals surface area contributed by atoms with E-state index in [4.69, 9.17) is 9.47 Å². The first-order valence-corrected chi connectivity index (χ1v) is 10.7. The summed E-state index contributed by atoms with van der Waals surface area (Å²) in [7, 11) is 1.87. The first-order valence-electron chi connectivity index (χ1n) is 9.84.